The Kier molecular flexibility index (Phi) is 7.98. The van der Waals surface area contributed by atoms with Crippen LogP contribution < -0.4 is 0 Å². The lowest BCUT2D eigenvalue weighted by Crippen LogP contribution is -2.42. The molecule has 0 aromatic rings. The third-order valence-corrected chi connectivity index (χ3v) is 3.26. The van der Waals surface area contributed by atoms with Gasteiger partial charge in [-0.25, -0.2) is 0 Å². The highest BCUT2D eigenvalue weighted by Gasteiger charge is 2.32. The van der Waals surface area contributed by atoms with Crippen LogP contribution in [0.4, 0.5) is 0 Å². The predicted octanol–water partition coefficient (Wildman–Crippen LogP) is 2.49. The van der Waals surface area contributed by atoms with Gasteiger partial charge in [-0.2, -0.15) is 0 Å². The number of rotatable bonds is 9. The van der Waals surface area contributed by atoms with Gasteiger partial charge < -0.3 is 14.9 Å². The minimum atomic E-state index is -0.598. The van der Waals surface area contributed by atoms with Gasteiger partial charge in [-0.15, -0.1) is 0 Å². The van der Waals surface area contributed by atoms with E-state index in [4.69, 9.17) is 4.74 Å². The zero-order valence-corrected chi connectivity index (χ0v) is 11.2. The van der Waals surface area contributed by atoms with E-state index in [0.717, 1.165) is 12.8 Å². The van der Waals surface area contributed by atoms with Crippen LogP contribution in [0.2, 0.25) is 0 Å². The Morgan fingerprint density at radius 3 is 2.25 bits per heavy atom. The summed E-state index contributed by atoms with van der Waals surface area (Å²) in [6.45, 7) is 5.79. The van der Waals surface area contributed by atoms with Crippen molar-refractivity contribution in [1.29, 1.82) is 0 Å². The highest BCUT2D eigenvalue weighted by atomic mass is 16.5. The molecule has 0 spiro atoms. The molecule has 0 aromatic heterocycles. The van der Waals surface area contributed by atoms with Gasteiger partial charge in [0, 0.05) is 13.5 Å². The Hall–Kier alpha value is -0.120. The van der Waals surface area contributed by atoms with E-state index in [1.165, 1.54) is 19.3 Å². The zero-order valence-electron chi connectivity index (χ0n) is 11.2. The smallest absolute Gasteiger partial charge is 0.0909 e. The van der Waals surface area contributed by atoms with E-state index in [-0.39, 0.29) is 0 Å². The summed E-state index contributed by atoms with van der Waals surface area (Å²) in [5, 5.41) is 19.3. The zero-order chi connectivity index (χ0) is 12.6. The van der Waals surface area contributed by atoms with Crippen LogP contribution in [-0.2, 0) is 4.74 Å². The molecule has 98 valence electrons. The normalized spacial score (nSPS) is 19.1. The highest BCUT2D eigenvalue weighted by molar-refractivity contribution is 4.84. The number of hydrogen-bond donors (Lipinski definition) is 2. The van der Waals surface area contributed by atoms with Gasteiger partial charge in [-0.3, -0.25) is 0 Å². The van der Waals surface area contributed by atoms with Crippen molar-refractivity contribution in [2.24, 2.45) is 0 Å². The van der Waals surface area contributed by atoms with Crippen molar-refractivity contribution in [3.63, 3.8) is 0 Å². The fraction of sp³-hybridized carbons (Fsp3) is 1.00. The largest absolute Gasteiger partial charge is 0.393 e. The van der Waals surface area contributed by atoms with E-state index in [2.05, 4.69) is 6.92 Å². The highest BCUT2D eigenvalue weighted by Crippen LogP contribution is 2.25. The van der Waals surface area contributed by atoms with Crippen LogP contribution in [0.25, 0.3) is 0 Å². The van der Waals surface area contributed by atoms with Crippen molar-refractivity contribution in [1.82, 2.24) is 0 Å². The van der Waals surface area contributed by atoms with Crippen molar-refractivity contribution in [2.45, 2.75) is 77.1 Å². The van der Waals surface area contributed by atoms with Crippen LogP contribution in [0.1, 0.15) is 59.3 Å². The molecule has 0 saturated heterocycles. The van der Waals surface area contributed by atoms with Gasteiger partial charge in [0.15, 0.2) is 0 Å². The van der Waals surface area contributed by atoms with Gasteiger partial charge in [-0.05, 0) is 20.3 Å². The maximum atomic E-state index is 10.0. The van der Waals surface area contributed by atoms with E-state index in [0.29, 0.717) is 6.42 Å². The van der Waals surface area contributed by atoms with Crippen molar-refractivity contribution < 1.29 is 14.9 Å². The molecule has 0 aliphatic carbocycles. The molecule has 0 radical (unpaired) electrons. The number of methoxy groups -OCH3 is 1. The Morgan fingerprint density at radius 2 is 1.81 bits per heavy atom. The summed E-state index contributed by atoms with van der Waals surface area (Å²) < 4.78 is 5.42. The predicted molar refractivity (Wildman–Crippen MR) is 66.5 cm³/mol. The number of aliphatic hydroxyl groups is 2. The topological polar surface area (TPSA) is 49.7 Å². The van der Waals surface area contributed by atoms with Gasteiger partial charge in [0.25, 0.3) is 0 Å². The second kappa shape index (κ2) is 8.04. The first-order valence-corrected chi connectivity index (χ1v) is 6.37. The van der Waals surface area contributed by atoms with Crippen LogP contribution in [0, 0.1) is 0 Å². The molecule has 0 aliphatic rings. The van der Waals surface area contributed by atoms with Crippen LogP contribution in [0.3, 0.4) is 0 Å². The van der Waals surface area contributed by atoms with Crippen LogP contribution >= 0.6 is 0 Å². The molecule has 0 bridgehead atoms. The van der Waals surface area contributed by atoms with Crippen molar-refractivity contribution in [2.75, 3.05) is 7.11 Å². The Labute approximate surface area is 99.8 Å². The van der Waals surface area contributed by atoms with E-state index in [1.807, 2.05) is 6.92 Å². The lowest BCUT2D eigenvalue weighted by molar-refractivity contribution is -0.108. The van der Waals surface area contributed by atoms with Crippen LogP contribution in [-0.4, -0.2) is 35.1 Å². The fourth-order valence-electron chi connectivity index (χ4n) is 1.88. The number of ether oxygens (including phenoxy) is 1. The number of aliphatic hydroxyl groups excluding tert-OH is 2. The third kappa shape index (κ3) is 5.83. The maximum absolute atomic E-state index is 10.0. The van der Waals surface area contributed by atoms with Crippen molar-refractivity contribution in [3.8, 4) is 0 Å². The van der Waals surface area contributed by atoms with Crippen molar-refractivity contribution >= 4 is 0 Å². The summed E-state index contributed by atoms with van der Waals surface area (Å²) in [4.78, 5) is 0. The van der Waals surface area contributed by atoms with Crippen LogP contribution in [0.5, 0.6) is 0 Å². The maximum Gasteiger partial charge on any atom is 0.0909 e. The van der Waals surface area contributed by atoms with E-state index in [1.54, 1.807) is 14.0 Å². The molecule has 3 nitrogen and oxygen atoms in total. The minimum absolute atomic E-state index is 0.373. The van der Waals surface area contributed by atoms with Gasteiger partial charge >= 0.3 is 0 Å². The molecular weight excluding hydrogens is 204 g/mol. The summed E-state index contributed by atoms with van der Waals surface area (Å²) in [7, 11) is 1.63. The summed E-state index contributed by atoms with van der Waals surface area (Å²) in [6, 6.07) is 0. The molecule has 3 atom stereocenters. The lowest BCUT2D eigenvalue weighted by atomic mass is 9.89. The van der Waals surface area contributed by atoms with Crippen LogP contribution in [0.15, 0.2) is 0 Å². The molecule has 0 fully saturated rings. The molecule has 0 amide bonds. The Bertz CT molecular complexity index is 171. The summed E-state index contributed by atoms with van der Waals surface area (Å²) >= 11 is 0. The second-order valence-corrected chi connectivity index (χ2v) is 4.93. The Balaban J connectivity index is 4.07. The van der Waals surface area contributed by atoms with E-state index >= 15 is 0 Å². The average Bonchev–Trinajstić information content (AvgIpc) is 2.23. The molecule has 0 aliphatic heterocycles. The van der Waals surface area contributed by atoms with E-state index < -0.39 is 17.8 Å². The SMILES string of the molecule is CCCCCCC(C)(OC)C(O)CC(C)O. The molecule has 0 rings (SSSR count). The molecular formula is C13H28O3. The minimum Gasteiger partial charge on any atom is -0.393 e. The molecule has 16 heavy (non-hydrogen) atoms. The van der Waals surface area contributed by atoms with Gasteiger partial charge in [-0.1, -0.05) is 32.6 Å². The molecule has 3 heteroatoms. The third-order valence-electron chi connectivity index (χ3n) is 3.26. The fourth-order valence-corrected chi connectivity index (χ4v) is 1.88. The molecule has 2 N–H and O–H groups in total. The standard InChI is InChI=1S/C13H28O3/c1-5-6-7-8-9-13(3,16-4)12(15)10-11(2)14/h11-12,14-15H,5-10H2,1-4H3. The monoisotopic (exact) mass is 232 g/mol. The quantitative estimate of drug-likeness (QED) is 0.600. The molecule has 0 aromatic carbocycles. The lowest BCUT2D eigenvalue weighted by Gasteiger charge is -2.34. The average molecular weight is 232 g/mol. The van der Waals surface area contributed by atoms with E-state index in [9.17, 15) is 10.2 Å². The Morgan fingerprint density at radius 1 is 1.19 bits per heavy atom. The molecule has 3 unspecified atom stereocenters. The first-order chi connectivity index (χ1) is 7.46. The second-order valence-electron chi connectivity index (χ2n) is 4.93. The van der Waals surface area contributed by atoms with Gasteiger partial charge in [0.1, 0.15) is 0 Å². The summed E-state index contributed by atoms with van der Waals surface area (Å²) in [6.07, 6.45) is 4.81. The van der Waals surface area contributed by atoms with Gasteiger partial charge in [0.2, 0.25) is 0 Å². The first kappa shape index (κ1) is 15.9. The summed E-state index contributed by atoms with van der Waals surface area (Å²) in [5.41, 5.74) is -0.523. The molecule has 0 heterocycles. The number of unbranched alkanes of at least 4 members (excludes halogenated alkanes) is 3. The number of hydrogen-bond acceptors (Lipinski definition) is 3. The summed E-state index contributed by atoms with van der Waals surface area (Å²) in [5.74, 6) is 0. The first-order valence-electron chi connectivity index (χ1n) is 6.37. The van der Waals surface area contributed by atoms with Crippen molar-refractivity contribution in [3.05, 3.63) is 0 Å². The molecule has 0 saturated carbocycles. The van der Waals surface area contributed by atoms with Gasteiger partial charge in [0.05, 0.1) is 17.8 Å².